The first-order valence-corrected chi connectivity index (χ1v) is 5.43. The molecule has 0 aliphatic rings. The van der Waals surface area contributed by atoms with Gasteiger partial charge in [0.05, 0.1) is 0 Å². The van der Waals surface area contributed by atoms with Crippen LogP contribution in [0.1, 0.15) is 5.69 Å². The molecule has 0 aliphatic heterocycles. The van der Waals surface area contributed by atoms with Crippen LogP contribution in [0, 0.1) is 0 Å². The zero-order chi connectivity index (χ0) is 10.7. The van der Waals surface area contributed by atoms with E-state index < -0.39 is 0 Å². The quantitative estimate of drug-likeness (QED) is 0.929. The van der Waals surface area contributed by atoms with Crippen molar-refractivity contribution in [3.63, 3.8) is 0 Å². The van der Waals surface area contributed by atoms with Crippen LogP contribution in [-0.2, 0) is 6.54 Å². The van der Waals surface area contributed by atoms with Gasteiger partial charge in [-0.3, -0.25) is 0 Å². The number of nitrogens with zero attached hydrogens (tertiary/aromatic N) is 1. The number of hydrogen-bond donors (Lipinski definition) is 1. The van der Waals surface area contributed by atoms with Crippen LogP contribution in [0.15, 0.2) is 39.5 Å². The Morgan fingerprint density at radius 3 is 3.07 bits per heavy atom. The highest BCUT2D eigenvalue weighted by Crippen LogP contribution is 2.25. The molecule has 1 N–H and O–H groups in total. The van der Waals surface area contributed by atoms with Gasteiger partial charge in [0.15, 0.2) is 12.2 Å². The zero-order valence-corrected chi connectivity index (χ0v) is 9.91. The lowest BCUT2D eigenvalue weighted by atomic mass is 10.1. The second kappa shape index (κ2) is 4.59. The molecule has 0 aliphatic carbocycles. The van der Waals surface area contributed by atoms with E-state index in [0.717, 1.165) is 21.5 Å². The van der Waals surface area contributed by atoms with Gasteiger partial charge in [0.25, 0.3) is 0 Å². The lowest BCUT2D eigenvalue weighted by Crippen LogP contribution is -2.06. The number of aromatic nitrogens is 1. The molecule has 3 nitrogen and oxygen atoms in total. The third-order valence-electron chi connectivity index (χ3n) is 2.07. The summed E-state index contributed by atoms with van der Waals surface area (Å²) in [7, 11) is 1.89. The minimum absolute atomic E-state index is 0.707. The highest BCUT2D eigenvalue weighted by atomic mass is 79.9. The van der Waals surface area contributed by atoms with E-state index in [1.807, 2.05) is 31.3 Å². The molecule has 0 saturated heterocycles. The van der Waals surface area contributed by atoms with E-state index in [1.54, 1.807) is 0 Å². The standard InChI is InChI=1S/C11H11BrN2O/c1-13-6-10-11(15-7-14-10)8-3-2-4-9(12)5-8/h2-5,7,13H,6H2,1H3. The van der Waals surface area contributed by atoms with Gasteiger partial charge >= 0.3 is 0 Å². The maximum atomic E-state index is 5.39. The molecular weight excluding hydrogens is 256 g/mol. The molecule has 1 aromatic heterocycles. The Hall–Kier alpha value is -1.13. The normalized spacial score (nSPS) is 10.5. The maximum absolute atomic E-state index is 5.39. The molecular formula is C11H11BrN2O. The third-order valence-corrected chi connectivity index (χ3v) is 2.57. The second-order valence-corrected chi connectivity index (χ2v) is 4.08. The van der Waals surface area contributed by atoms with Crippen molar-refractivity contribution in [2.75, 3.05) is 7.05 Å². The van der Waals surface area contributed by atoms with Crippen molar-refractivity contribution in [3.8, 4) is 11.3 Å². The molecule has 15 heavy (non-hydrogen) atoms. The minimum Gasteiger partial charge on any atom is -0.443 e. The summed E-state index contributed by atoms with van der Waals surface area (Å²) in [6.07, 6.45) is 1.48. The summed E-state index contributed by atoms with van der Waals surface area (Å²) >= 11 is 3.43. The molecule has 1 heterocycles. The molecule has 0 amide bonds. The summed E-state index contributed by atoms with van der Waals surface area (Å²) < 4.78 is 6.42. The molecule has 0 bridgehead atoms. The van der Waals surface area contributed by atoms with E-state index in [2.05, 4.69) is 26.2 Å². The first-order valence-electron chi connectivity index (χ1n) is 4.64. The smallest absolute Gasteiger partial charge is 0.181 e. The van der Waals surface area contributed by atoms with E-state index in [0.29, 0.717) is 6.54 Å². The van der Waals surface area contributed by atoms with Crippen LogP contribution >= 0.6 is 15.9 Å². The number of halogens is 1. The fourth-order valence-corrected chi connectivity index (χ4v) is 1.83. The topological polar surface area (TPSA) is 38.1 Å². The predicted octanol–water partition coefficient (Wildman–Crippen LogP) is 2.82. The molecule has 78 valence electrons. The van der Waals surface area contributed by atoms with E-state index in [-0.39, 0.29) is 0 Å². The molecule has 0 unspecified atom stereocenters. The second-order valence-electron chi connectivity index (χ2n) is 3.17. The van der Waals surface area contributed by atoms with E-state index in [4.69, 9.17) is 4.42 Å². The van der Waals surface area contributed by atoms with Crippen LogP contribution in [0.3, 0.4) is 0 Å². The molecule has 0 spiro atoms. The van der Waals surface area contributed by atoms with E-state index in [9.17, 15) is 0 Å². The van der Waals surface area contributed by atoms with Crippen LogP contribution in [0.25, 0.3) is 11.3 Å². The van der Waals surface area contributed by atoms with Gasteiger partial charge in [0.1, 0.15) is 5.69 Å². The molecule has 0 atom stereocenters. The Labute approximate surface area is 96.6 Å². The van der Waals surface area contributed by atoms with Crippen molar-refractivity contribution >= 4 is 15.9 Å². The SMILES string of the molecule is CNCc1ncoc1-c1cccc(Br)c1. The van der Waals surface area contributed by atoms with Gasteiger partial charge in [-0.15, -0.1) is 0 Å². The van der Waals surface area contributed by atoms with Gasteiger partial charge in [-0.05, 0) is 19.2 Å². The molecule has 0 saturated carbocycles. The van der Waals surface area contributed by atoms with Gasteiger partial charge in [-0.25, -0.2) is 4.98 Å². The monoisotopic (exact) mass is 266 g/mol. The fraction of sp³-hybridized carbons (Fsp3) is 0.182. The van der Waals surface area contributed by atoms with Crippen molar-refractivity contribution in [2.24, 2.45) is 0 Å². The van der Waals surface area contributed by atoms with Gasteiger partial charge < -0.3 is 9.73 Å². The Morgan fingerprint density at radius 1 is 1.47 bits per heavy atom. The summed E-state index contributed by atoms with van der Waals surface area (Å²) in [5, 5.41) is 3.06. The van der Waals surface area contributed by atoms with Gasteiger partial charge in [-0.2, -0.15) is 0 Å². The summed E-state index contributed by atoms with van der Waals surface area (Å²) in [5.74, 6) is 0.825. The summed E-state index contributed by atoms with van der Waals surface area (Å²) in [4.78, 5) is 4.17. The lowest BCUT2D eigenvalue weighted by molar-refractivity contribution is 0.570. The highest BCUT2D eigenvalue weighted by Gasteiger charge is 2.09. The summed E-state index contributed by atoms with van der Waals surface area (Å²) in [6, 6.07) is 7.98. The molecule has 4 heteroatoms. The van der Waals surface area contributed by atoms with Crippen LogP contribution in [0.5, 0.6) is 0 Å². The van der Waals surface area contributed by atoms with Crippen molar-refractivity contribution in [2.45, 2.75) is 6.54 Å². The predicted molar refractivity (Wildman–Crippen MR) is 62.4 cm³/mol. The fourth-order valence-electron chi connectivity index (χ4n) is 1.43. The number of benzene rings is 1. The first-order chi connectivity index (χ1) is 7.31. The van der Waals surface area contributed by atoms with Crippen molar-refractivity contribution in [3.05, 3.63) is 40.8 Å². The molecule has 0 radical (unpaired) electrons. The first kappa shape index (κ1) is 10.4. The van der Waals surface area contributed by atoms with Gasteiger partial charge in [-0.1, -0.05) is 28.1 Å². The summed E-state index contributed by atoms with van der Waals surface area (Å²) in [6.45, 7) is 0.707. The van der Waals surface area contributed by atoms with Gasteiger partial charge in [0, 0.05) is 16.6 Å². The lowest BCUT2D eigenvalue weighted by Gasteiger charge is -2.00. The highest BCUT2D eigenvalue weighted by molar-refractivity contribution is 9.10. The zero-order valence-electron chi connectivity index (χ0n) is 8.33. The van der Waals surface area contributed by atoms with Crippen molar-refractivity contribution in [1.29, 1.82) is 0 Å². The van der Waals surface area contributed by atoms with Crippen LogP contribution in [0.2, 0.25) is 0 Å². The van der Waals surface area contributed by atoms with Crippen LogP contribution in [-0.4, -0.2) is 12.0 Å². The minimum atomic E-state index is 0.707. The Bertz CT molecular complexity index is 453. The van der Waals surface area contributed by atoms with Crippen LogP contribution in [0.4, 0.5) is 0 Å². The number of rotatable bonds is 3. The average molecular weight is 267 g/mol. The maximum Gasteiger partial charge on any atom is 0.181 e. The Kier molecular flexibility index (Phi) is 3.18. The molecule has 2 rings (SSSR count). The van der Waals surface area contributed by atoms with Crippen LogP contribution < -0.4 is 5.32 Å². The van der Waals surface area contributed by atoms with Crippen molar-refractivity contribution < 1.29 is 4.42 Å². The van der Waals surface area contributed by atoms with E-state index in [1.165, 1.54) is 6.39 Å². The van der Waals surface area contributed by atoms with E-state index >= 15 is 0 Å². The number of hydrogen-bond acceptors (Lipinski definition) is 3. The average Bonchev–Trinajstić information content (AvgIpc) is 2.66. The Balaban J connectivity index is 2.40. The number of nitrogens with one attached hydrogen (secondary N) is 1. The van der Waals surface area contributed by atoms with Gasteiger partial charge in [0.2, 0.25) is 0 Å². The molecule has 1 aromatic carbocycles. The van der Waals surface area contributed by atoms with Crippen molar-refractivity contribution in [1.82, 2.24) is 10.3 Å². The largest absolute Gasteiger partial charge is 0.443 e. The molecule has 2 aromatic rings. The molecule has 0 fully saturated rings. The summed E-state index contributed by atoms with van der Waals surface area (Å²) in [5.41, 5.74) is 1.96. The Morgan fingerprint density at radius 2 is 2.33 bits per heavy atom. The third kappa shape index (κ3) is 2.27. The number of oxazole rings is 1.